The molecule has 0 radical (unpaired) electrons. The molecule has 1 unspecified atom stereocenters. The van der Waals surface area contributed by atoms with Gasteiger partial charge in [0.05, 0.1) is 17.5 Å². The lowest BCUT2D eigenvalue weighted by Gasteiger charge is -2.21. The first-order valence-corrected chi connectivity index (χ1v) is 15.6. The van der Waals surface area contributed by atoms with Crippen LogP contribution in [0.15, 0.2) is 81.6 Å². The average molecular weight is 634 g/mol. The van der Waals surface area contributed by atoms with Crippen LogP contribution in [0.1, 0.15) is 29.0 Å². The van der Waals surface area contributed by atoms with Crippen molar-refractivity contribution in [2.45, 2.75) is 13.1 Å². The van der Waals surface area contributed by atoms with Crippen LogP contribution < -0.4 is 9.62 Å². The van der Waals surface area contributed by atoms with Gasteiger partial charge in [-0.2, -0.15) is 0 Å². The van der Waals surface area contributed by atoms with E-state index in [-0.39, 0.29) is 45.1 Å². The van der Waals surface area contributed by atoms with Crippen LogP contribution >= 0.6 is 0 Å². The topological polar surface area (TPSA) is 106 Å². The Kier molecular flexibility index (Phi) is 7.40. The highest BCUT2D eigenvalue weighted by atomic mass is 32.2. The summed E-state index contributed by atoms with van der Waals surface area (Å²) in [6, 6.07) is 17.4. The van der Waals surface area contributed by atoms with Crippen molar-refractivity contribution in [3.63, 3.8) is 0 Å². The van der Waals surface area contributed by atoms with Gasteiger partial charge in [-0.1, -0.05) is 6.07 Å². The number of carbonyl (C=O) groups is 1. The second-order valence-electron chi connectivity index (χ2n) is 10.6. The highest BCUT2D eigenvalue weighted by Crippen LogP contribution is 2.43. The van der Waals surface area contributed by atoms with Crippen LogP contribution in [0.25, 0.3) is 56.0 Å². The summed E-state index contributed by atoms with van der Waals surface area (Å²) in [4.78, 5) is 17.5. The number of rotatable bonds is 7. The van der Waals surface area contributed by atoms with Crippen LogP contribution in [0.2, 0.25) is 0 Å². The molecule has 0 aliphatic heterocycles. The largest absolute Gasteiger partial charge is 0.455 e. The molecular weight excluding hydrogens is 607 g/mol. The molecule has 6 rings (SSSR count). The highest BCUT2D eigenvalue weighted by molar-refractivity contribution is 7.92. The Balaban J connectivity index is 1.66. The van der Waals surface area contributed by atoms with Gasteiger partial charge in [-0.05, 0) is 78.7 Å². The Morgan fingerprint density at radius 2 is 1.64 bits per heavy atom. The third-order valence-electron chi connectivity index (χ3n) is 7.55. The van der Waals surface area contributed by atoms with Crippen LogP contribution in [-0.4, -0.2) is 39.7 Å². The van der Waals surface area contributed by atoms with Crippen LogP contribution in [0, 0.1) is 11.6 Å². The summed E-state index contributed by atoms with van der Waals surface area (Å²) < 4.78 is 81.7. The number of carbonyl (C=O) groups excluding carboxylic acids is 1. The zero-order valence-corrected chi connectivity index (χ0v) is 25.3. The summed E-state index contributed by atoms with van der Waals surface area (Å²) in [7, 11) is -1.02. The van der Waals surface area contributed by atoms with E-state index in [0.29, 0.717) is 27.6 Å². The number of sulfonamides is 1. The predicted molar refractivity (Wildman–Crippen MR) is 166 cm³/mol. The Labute approximate surface area is 256 Å². The van der Waals surface area contributed by atoms with Crippen LogP contribution in [0.3, 0.4) is 0 Å². The molecule has 0 bridgehead atoms. The molecule has 6 aromatic rings. The van der Waals surface area contributed by atoms with Crippen LogP contribution in [0.5, 0.6) is 0 Å². The lowest BCUT2D eigenvalue weighted by Crippen LogP contribution is -2.25. The van der Waals surface area contributed by atoms with E-state index >= 15 is 0 Å². The first-order valence-electron chi connectivity index (χ1n) is 13.7. The summed E-state index contributed by atoms with van der Waals surface area (Å²) in [5, 5.41) is 2.93. The first-order chi connectivity index (χ1) is 21.3. The highest BCUT2D eigenvalue weighted by Gasteiger charge is 2.27. The molecule has 0 fully saturated rings. The molecule has 0 saturated carbocycles. The molecule has 2 heterocycles. The Morgan fingerprint density at radius 1 is 0.933 bits per heavy atom. The van der Waals surface area contributed by atoms with Gasteiger partial charge in [-0.15, -0.1) is 0 Å². The van der Waals surface area contributed by atoms with E-state index in [2.05, 4.69) is 10.3 Å². The quantitative estimate of drug-likeness (QED) is 0.194. The normalized spacial score (nSPS) is 12.5. The number of para-hydroxylation sites is 1. The number of halogens is 3. The zero-order valence-electron chi connectivity index (χ0n) is 24.5. The maximum absolute atomic E-state index is 14.9. The number of hydrogen-bond donors (Lipinski definition) is 1. The fraction of sp³-hybridized carbons (Fsp3) is 0.152. The summed E-state index contributed by atoms with van der Waals surface area (Å²) in [5.74, 6) is -1.38. The molecule has 0 spiro atoms. The van der Waals surface area contributed by atoms with E-state index in [1.54, 1.807) is 24.3 Å². The molecule has 1 amide bonds. The van der Waals surface area contributed by atoms with E-state index in [1.165, 1.54) is 69.6 Å². The van der Waals surface area contributed by atoms with Gasteiger partial charge in [0.25, 0.3) is 5.91 Å². The minimum atomic E-state index is -3.82. The number of aromatic nitrogens is 1. The molecule has 1 N–H and O–H groups in total. The molecular formula is C33H26F3N3O5S. The Hall–Kier alpha value is -5.10. The van der Waals surface area contributed by atoms with E-state index in [9.17, 15) is 26.4 Å². The number of oxazole rings is 1. The number of hydrogen-bond acceptors (Lipinski definition) is 6. The number of alkyl halides is 1. The van der Waals surface area contributed by atoms with Gasteiger partial charge < -0.3 is 14.2 Å². The molecule has 1 atom stereocenters. The van der Waals surface area contributed by atoms with Crippen molar-refractivity contribution in [3.05, 3.63) is 95.6 Å². The van der Waals surface area contributed by atoms with Gasteiger partial charge in [0, 0.05) is 42.2 Å². The smallest absolute Gasteiger partial charge is 0.255 e. The SMILES string of the molecule is CNC(=O)c1c(-c2ccc(F)cc2)oc2cc(N(C)S(C)(=O)=O)c(-c3cc(-c4nc5c(F)cccc5o4)cc(C(C)F)c3)cc12. The minimum Gasteiger partial charge on any atom is -0.455 e. The fourth-order valence-corrected chi connectivity index (χ4v) is 5.66. The Morgan fingerprint density at radius 3 is 2.29 bits per heavy atom. The van der Waals surface area contributed by atoms with Crippen molar-refractivity contribution in [1.82, 2.24) is 10.3 Å². The van der Waals surface area contributed by atoms with Crippen molar-refractivity contribution in [2.24, 2.45) is 0 Å². The number of fused-ring (bicyclic) bond motifs is 2. The van der Waals surface area contributed by atoms with E-state index < -0.39 is 33.7 Å². The summed E-state index contributed by atoms with van der Waals surface area (Å²) in [6.45, 7) is 1.34. The van der Waals surface area contributed by atoms with Crippen molar-refractivity contribution >= 4 is 43.7 Å². The third-order valence-corrected chi connectivity index (χ3v) is 8.74. The molecule has 4 aromatic carbocycles. The van der Waals surface area contributed by atoms with Gasteiger partial charge in [-0.3, -0.25) is 9.10 Å². The van der Waals surface area contributed by atoms with Gasteiger partial charge in [0.2, 0.25) is 15.9 Å². The number of anilines is 1. The number of amides is 1. The third kappa shape index (κ3) is 5.42. The standard InChI is InChI=1S/C33H26F3N3O5S/c1-17(34)19-12-20(14-21(13-19)33-38-30-25(36)6-5-7-27(30)44-33)23-15-24-28(16-26(23)39(3)45(4,41)42)43-31(29(24)32(40)37-2)18-8-10-22(35)11-9-18/h5-17H,1-4H3,(H,37,40). The number of nitrogens with one attached hydrogen (secondary N) is 1. The van der Waals surface area contributed by atoms with Gasteiger partial charge in [0.15, 0.2) is 11.4 Å². The number of nitrogens with zero attached hydrogens (tertiary/aromatic N) is 2. The summed E-state index contributed by atoms with van der Waals surface area (Å²) >= 11 is 0. The van der Waals surface area contributed by atoms with E-state index in [0.717, 1.165) is 10.6 Å². The molecule has 0 saturated heterocycles. The van der Waals surface area contributed by atoms with Crippen LogP contribution in [-0.2, 0) is 10.0 Å². The van der Waals surface area contributed by atoms with Crippen LogP contribution in [0.4, 0.5) is 18.9 Å². The maximum atomic E-state index is 14.9. The number of benzene rings is 4. The maximum Gasteiger partial charge on any atom is 0.255 e. The van der Waals surface area contributed by atoms with Gasteiger partial charge >= 0.3 is 0 Å². The zero-order chi connectivity index (χ0) is 32.2. The molecule has 12 heteroatoms. The van der Waals surface area contributed by atoms with Crippen molar-refractivity contribution < 1.29 is 35.2 Å². The number of furan rings is 1. The van der Waals surface area contributed by atoms with Gasteiger partial charge in [-0.25, -0.2) is 26.6 Å². The molecule has 0 aliphatic rings. The van der Waals surface area contributed by atoms with E-state index in [4.69, 9.17) is 8.83 Å². The Bertz CT molecular complexity index is 2220. The minimum absolute atomic E-state index is 0.00797. The predicted octanol–water partition coefficient (Wildman–Crippen LogP) is 7.64. The lowest BCUT2D eigenvalue weighted by molar-refractivity contribution is 0.0964. The molecule has 0 aliphatic carbocycles. The van der Waals surface area contributed by atoms with E-state index in [1.807, 2.05) is 0 Å². The van der Waals surface area contributed by atoms with Crippen molar-refractivity contribution in [1.29, 1.82) is 0 Å². The lowest BCUT2D eigenvalue weighted by atomic mass is 9.94. The second kappa shape index (κ2) is 11.1. The van der Waals surface area contributed by atoms with Crippen molar-refractivity contribution in [3.8, 4) is 33.9 Å². The van der Waals surface area contributed by atoms with Crippen molar-refractivity contribution in [2.75, 3.05) is 24.7 Å². The monoisotopic (exact) mass is 633 g/mol. The molecule has 8 nitrogen and oxygen atoms in total. The second-order valence-corrected chi connectivity index (χ2v) is 12.6. The summed E-state index contributed by atoms with van der Waals surface area (Å²) in [6.07, 6.45) is -0.425. The molecule has 2 aromatic heterocycles. The average Bonchev–Trinajstić information content (AvgIpc) is 3.62. The summed E-state index contributed by atoms with van der Waals surface area (Å²) in [5.41, 5.74) is 2.36. The fourth-order valence-electron chi connectivity index (χ4n) is 5.16. The van der Waals surface area contributed by atoms with Gasteiger partial charge in [0.1, 0.15) is 28.8 Å². The molecule has 230 valence electrons. The first kappa shape index (κ1) is 29.9. The molecule has 45 heavy (non-hydrogen) atoms.